The molecule has 1 amide bonds. The molecule has 0 saturated carbocycles. The maximum Gasteiger partial charge on any atom is 0.501 e. The second-order valence-electron chi connectivity index (χ2n) is 5.75. The highest BCUT2D eigenvalue weighted by molar-refractivity contribution is 7.92. The lowest BCUT2D eigenvalue weighted by Gasteiger charge is -2.47. The van der Waals surface area contributed by atoms with Crippen molar-refractivity contribution in [2.75, 3.05) is 6.54 Å². The Morgan fingerprint density at radius 2 is 1.82 bits per heavy atom. The molecule has 1 aliphatic heterocycles. The summed E-state index contributed by atoms with van der Waals surface area (Å²) in [7, 11) is -5.53. The van der Waals surface area contributed by atoms with Crippen LogP contribution in [0.15, 0.2) is 29.2 Å². The first kappa shape index (κ1) is 16.8. The molecule has 1 aliphatic rings. The van der Waals surface area contributed by atoms with Gasteiger partial charge < -0.3 is 10.6 Å². The average molecular weight is 336 g/mol. The molecular formula is C13H15F3N2O3S. The van der Waals surface area contributed by atoms with Gasteiger partial charge in [0.15, 0.2) is 0 Å². The molecule has 1 aromatic carbocycles. The maximum absolute atomic E-state index is 12.7. The van der Waals surface area contributed by atoms with Crippen LogP contribution in [-0.4, -0.2) is 31.3 Å². The fourth-order valence-electron chi connectivity index (χ4n) is 2.35. The van der Waals surface area contributed by atoms with Crippen molar-refractivity contribution in [2.24, 2.45) is 11.1 Å². The van der Waals surface area contributed by atoms with E-state index < -0.39 is 31.8 Å². The summed E-state index contributed by atoms with van der Waals surface area (Å²) in [6.45, 7) is 3.60. The molecule has 1 saturated heterocycles. The van der Waals surface area contributed by atoms with Crippen LogP contribution < -0.4 is 5.73 Å². The fraction of sp³-hybridized carbons (Fsp3) is 0.462. The van der Waals surface area contributed by atoms with Gasteiger partial charge in [-0.2, -0.15) is 13.2 Å². The fourth-order valence-corrected chi connectivity index (χ4v) is 3.36. The number of nitrogens with two attached hydrogens (primary N) is 1. The monoisotopic (exact) mass is 336 g/mol. The topological polar surface area (TPSA) is 80.5 Å². The Bertz CT molecular complexity index is 713. The summed E-state index contributed by atoms with van der Waals surface area (Å²) in [5.41, 5.74) is -0.494. The van der Waals surface area contributed by atoms with E-state index in [0.717, 1.165) is 11.0 Å². The number of halogens is 3. The third-order valence-corrected chi connectivity index (χ3v) is 5.13. The van der Waals surface area contributed by atoms with Gasteiger partial charge in [0, 0.05) is 12.1 Å². The first-order chi connectivity index (χ1) is 9.89. The van der Waals surface area contributed by atoms with Crippen LogP contribution in [0.2, 0.25) is 0 Å². The van der Waals surface area contributed by atoms with Crippen molar-refractivity contribution in [1.82, 2.24) is 4.90 Å². The number of hydrogen-bond donors (Lipinski definition) is 1. The first-order valence-corrected chi connectivity index (χ1v) is 7.85. The van der Waals surface area contributed by atoms with Gasteiger partial charge in [-0.15, -0.1) is 0 Å². The van der Waals surface area contributed by atoms with Crippen LogP contribution in [0.4, 0.5) is 13.2 Å². The molecule has 0 radical (unpaired) electrons. The summed E-state index contributed by atoms with van der Waals surface area (Å²) >= 11 is 0. The van der Waals surface area contributed by atoms with Gasteiger partial charge >= 0.3 is 5.51 Å². The van der Waals surface area contributed by atoms with Crippen LogP contribution in [0, 0.1) is 5.41 Å². The first-order valence-electron chi connectivity index (χ1n) is 6.36. The molecule has 122 valence electrons. The summed E-state index contributed by atoms with van der Waals surface area (Å²) in [6.07, 6.45) is -1.24. The number of benzene rings is 1. The van der Waals surface area contributed by atoms with E-state index in [0.29, 0.717) is 0 Å². The summed E-state index contributed by atoms with van der Waals surface area (Å²) < 4.78 is 61.5. The molecule has 0 bridgehead atoms. The standard InChI is InChI=1S/C13H15F3N2O3S/c1-12(2)7-18(11(12)19)10(17)8-5-3-4-6-9(8)22(20,21)13(14,15)16/h3-6,10H,7,17H2,1-2H3. The summed E-state index contributed by atoms with van der Waals surface area (Å²) in [6, 6.07) is 4.58. The minimum Gasteiger partial charge on any atom is -0.322 e. The molecule has 1 aromatic rings. The Morgan fingerprint density at radius 3 is 2.27 bits per heavy atom. The number of rotatable bonds is 3. The highest BCUT2D eigenvalue weighted by Crippen LogP contribution is 2.39. The number of alkyl halides is 3. The number of hydrogen-bond acceptors (Lipinski definition) is 4. The predicted molar refractivity (Wildman–Crippen MR) is 72.1 cm³/mol. The lowest BCUT2D eigenvalue weighted by Crippen LogP contribution is -2.61. The zero-order valence-corrected chi connectivity index (χ0v) is 12.7. The summed E-state index contributed by atoms with van der Waals surface area (Å²) in [5, 5.41) is 0. The van der Waals surface area contributed by atoms with Crippen LogP contribution in [0.25, 0.3) is 0 Å². The molecule has 2 N–H and O–H groups in total. The van der Waals surface area contributed by atoms with Gasteiger partial charge in [0.1, 0.15) is 6.17 Å². The van der Waals surface area contributed by atoms with Crippen LogP contribution in [-0.2, 0) is 14.6 Å². The zero-order chi connectivity index (χ0) is 16.9. The van der Waals surface area contributed by atoms with E-state index >= 15 is 0 Å². The van der Waals surface area contributed by atoms with Crippen LogP contribution >= 0.6 is 0 Å². The Morgan fingerprint density at radius 1 is 1.27 bits per heavy atom. The molecule has 1 atom stereocenters. The lowest BCUT2D eigenvalue weighted by molar-refractivity contribution is -0.161. The number of likely N-dealkylation sites (tertiary alicyclic amines) is 1. The molecule has 0 aliphatic carbocycles. The van der Waals surface area contributed by atoms with Gasteiger partial charge in [0.05, 0.1) is 10.3 Å². The number of carbonyl (C=O) groups excluding carboxylic acids is 1. The smallest absolute Gasteiger partial charge is 0.322 e. The van der Waals surface area contributed by atoms with E-state index in [2.05, 4.69) is 0 Å². The Labute approximate surface area is 125 Å². The molecule has 5 nitrogen and oxygen atoms in total. The van der Waals surface area contributed by atoms with Gasteiger partial charge in [-0.1, -0.05) is 18.2 Å². The van der Waals surface area contributed by atoms with Crippen LogP contribution in [0.3, 0.4) is 0 Å². The quantitative estimate of drug-likeness (QED) is 0.854. The third kappa shape index (κ3) is 2.48. The lowest BCUT2D eigenvalue weighted by atomic mass is 9.82. The molecule has 0 aromatic heterocycles. The van der Waals surface area contributed by atoms with Gasteiger partial charge in [-0.25, -0.2) is 8.42 Å². The highest BCUT2D eigenvalue weighted by atomic mass is 32.2. The van der Waals surface area contributed by atoms with E-state index in [1.54, 1.807) is 13.8 Å². The molecule has 1 unspecified atom stereocenters. The summed E-state index contributed by atoms with van der Waals surface area (Å²) in [5.74, 6) is -0.334. The number of β-lactam (4-membered cyclic amide) rings is 1. The van der Waals surface area contributed by atoms with Crippen molar-refractivity contribution in [1.29, 1.82) is 0 Å². The number of carbonyl (C=O) groups is 1. The molecule has 1 heterocycles. The van der Waals surface area contributed by atoms with Gasteiger partial charge in [0.25, 0.3) is 9.84 Å². The number of amides is 1. The average Bonchev–Trinajstić information content (AvgIpc) is 2.42. The SMILES string of the molecule is CC1(C)CN(C(N)c2ccccc2S(=O)(=O)C(F)(F)F)C1=O. The number of nitrogens with zero attached hydrogens (tertiary/aromatic N) is 1. The predicted octanol–water partition coefficient (Wildman–Crippen LogP) is 1.81. The summed E-state index contributed by atoms with van der Waals surface area (Å²) in [4.78, 5) is 12.2. The van der Waals surface area contributed by atoms with Crippen molar-refractivity contribution < 1.29 is 26.4 Å². The minimum atomic E-state index is -5.53. The largest absolute Gasteiger partial charge is 0.501 e. The molecule has 9 heteroatoms. The van der Waals surface area contributed by atoms with Crippen molar-refractivity contribution in [3.8, 4) is 0 Å². The van der Waals surface area contributed by atoms with E-state index in [-0.39, 0.29) is 18.0 Å². The highest BCUT2D eigenvalue weighted by Gasteiger charge is 2.50. The maximum atomic E-state index is 12.7. The molecular weight excluding hydrogens is 321 g/mol. The van der Waals surface area contributed by atoms with E-state index in [9.17, 15) is 26.4 Å². The van der Waals surface area contributed by atoms with Crippen LogP contribution in [0.1, 0.15) is 25.6 Å². The zero-order valence-electron chi connectivity index (χ0n) is 11.9. The normalized spacial score (nSPS) is 19.7. The van der Waals surface area contributed by atoms with Gasteiger partial charge in [-0.05, 0) is 19.9 Å². The van der Waals surface area contributed by atoms with Gasteiger partial charge in [-0.3, -0.25) is 4.79 Å². The second-order valence-corrected chi connectivity index (χ2v) is 7.66. The number of sulfone groups is 1. The Hall–Kier alpha value is -1.61. The Balaban J connectivity index is 2.45. The van der Waals surface area contributed by atoms with Crippen LogP contribution in [0.5, 0.6) is 0 Å². The van der Waals surface area contributed by atoms with Crippen molar-refractivity contribution in [3.05, 3.63) is 29.8 Å². The second kappa shape index (κ2) is 4.95. The van der Waals surface area contributed by atoms with E-state index in [1.165, 1.54) is 18.2 Å². The molecule has 1 fully saturated rings. The van der Waals surface area contributed by atoms with Crippen molar-refractivity contribution >= 4 is 15.7 Å². The third-order valence-electron chi connectivity index (χ3n) is 3.57. The van der Waals surface area contributed by atoms with Crippen molar-refractivity contribution in [3.63, 3.8) is 0 Å². The molecule has 0 spiro atoms. The molecule has 22 heavy (non-hydrogen) atoms. The van der Waals surface area contributed by atoms with E-state index in [4.69, 9.17) is 5.73 Å². The van der Waals surface area contributed by atoms with Crippen molar-refractivity contribution in [2.45, 2.75) is 30.4 Å². The molecule has 2 rings (SSSR count). The Kier molecular flexibility index (Phi) is 3.77. The van der Waals surface area contributed by atoms with Gasteiger partial charge in [0.2, 0.25) is 5.91 Å². The minimum absolute atomic E-state index is 0.243. The van der Waals surface area contributed by atoms with E-state index in [1.807, 2.05) is 0 Å².